The summed E-state index contributed by atoms with van der Waals surface area (Å²) in [6.07, 6.45) is 6.49. The number of likely N-dealkylation sites (tertiary alicyclic amines) is 1. The molecule has 2 heterocycles. The van der Waals surface area contributed by atoms with E-state index in [2.05, 4.69) is 33.0 Å². The minimum atomic E-state index is 0.266. The van der Waals surface area contributed by atoms with Gasteiger partial charge in [0.15, 0.2) is 0 Å². The molecule has 1 aromatic heterocycles. The van der Waals surface area contributed by atoms with Crippen LogP contribution in [0.5, 0.6) is 5.75 Å². The van der Waals surface area contributed by atoms with Crippen molar-refractivity contribution in [1.82, 2.24) is 14.7 Å². The lowest BCUT2D eigenvalue weighted by molar-refractivity contribution is -0.00486. The van der Waals surface area contributed by atoms with E-state index in [1.165, 1.54) is 18.7 Å². The molecule has 2 aromatic rings. The molecule has 2 fully saturated rings. The smallest absolute Gasteiger partial charge is 0.118 e. The monoisotopic (exact) mass is 341 g/mol. The summed E-state index contributed by atoms with van der Waals surface area (Å²) in [7, 11) is 3.55. The Labute approximate surface area is 149 Å². The molecule has 2 aliphatic rings. The lowest BCUT2D eigenvalue weighted by Crippen LogP contribution is -2.37. The van der Waals surface area contributed by atoms with Crippen LogP contribution in [-0.4, -0.2) is 48.1 Å². The number of aromatic nitrogens is 2. The fourth-order valence-corrected chi connectivity index (χ4v) is 4.61. The molecular formula is C20H27N3O2. The quantitative estimate of drug-likeness (QED) is 0.838. The van der Waals surface area contributed by atoms with Gasteiger partial charge in [-0.05, 0) is 48.4 Å². The molecule has 1 aliphatic heterocycles. The van der Waals surface area contributed by atoms with Gasteiger partial charge < -0.3 is 9.47 Å². The Morgan fingerprint density at radius 1 is 1.08 bits per heavy atom. The van der Waals surface area contributed by atoms with Crippen molar-refractivity contribution in [3.8, 4) is 5.75 Å². The second-order valence-corrected chi connectivity index (χ2v) is 7.36. The zero-order chi connectivity index (χ0) is 17.2. The average molecular weight is 341 g/mol. The van der Waals surface area contributed by atoms with Crippen LogP contribution in [-0.2, 0) is 11.3 Å². The molecule has 4 atom stereocenters. The summed E-state index contributed by atoms with van der Waals surface area (Å²) in [5, 5.41) is 4.47. The molecule has 1 aliphatic carbocycles. The molecule has 0 N–H and O–H groups in total. The fourth-order valence-electron chi connectivity index (χ4n) is 4.61. The van der Waals surface area contributed by atoms with E-state index in [0.29, 0.717) is 6.04 Å². The number of benzene rings is 1. The molecular weight excluding hydrogens is 314 g/mol. The van der Waals surface area contributed by atoms with Crippen molar-refractivity contribution in [3.63, 3.8) is 0 Å². The van der Waals surface area contributed by atoms with Gasteiger partial charge in [0.2, 0.25) is 0 Å². The summed E-state index contributed by atoms with van der Waals surface area (Å²) < 4.78 is 13.2. The highest BCUT2D eigenvalue weighted by atomic mass is 16.5. The van der Waals surface area contributed by atoms with Crippen molar-refractivity contribution in [2.24, 2.45) is 11.8 Å². The van der Waals surface area contributed by atoms with Crippen LogP contribution in [0.1, 0.15) is 24.4 Å². The lowest BCUT2D eigenvalue weighted by Gasteiger charge is -2.37. The maximum atomic E-state index is 5.82. The molecule has 1 aromatic carbocycles. The maximum Gasteiger partial charge on any atom is 0.118 e. The van der Waals surface area contributed by atoms with E-state index in [9.17, 15) is 0 Å². The van der Waals surface area contributed by atoms with Crippen molar-refractivity contribution in [3.05, 3.63) is 48.3 Å². The van der Waals surface area contributed by atoms with Crippen molar-refractivity contribution in [2.45, 2.75) is 31.5 Å². The summed E-state index contributed by atoms with van der Waals surface area (Å²) >= 11 is 0. The fraction of sp³-hybridized carbons (Fsp3) is 0.550. The van der Waals surface area contributed by atoms with E-state index in [-0.39, 0.29) is 6.10 Å². The number of rotatable bonds is 5. The van der Waals surface area contributed by atoms with Crippen LogP contribution >= 0.6 is 0 Å². The van der Waals surface area contributed by atoms with Crippen LogP contribution in [0.2, 0.25) is 0 Å². The number of methoxy groups -OCH3 is 2. The second-order valence-electron chi connectivity index (χ2n) is 7.36. The van der Waals surface area contributed by atoms with Gasteiger partial charge in [-0.2, -0.15) is 5.10 Å². The van der Waals surface area contributed by atoms with Crippen molar-refractivity contribution in [2.75, 3.05) is 27.3 Å². The molecule has 134 valence electrons. The standard InChI is InChI=1S/C20H27N3O2/c1-24-18-6-4-15(5-7-18)12-22-13-16-10-19(23-9-3-8-21-23)20(25-2)11-17(16)14-22/h3-9,16-17,19-20H,10-14H2,1-2H3/t16-,17+,19-,20-/m0/s1. The first-order chi connectivity index (χ1) is 12.3. The highest BCUT2D eigenvalue weighted by Crippen LogP contribution is 2.42. The minimum absolute atomic E-state index is 0.266. The van der Waals surface area contributed by atoms with Crippen molar-refractivity contribution >= 4 is 0 Å². The summed E-state index contributed by atoms with van der Waals surface area (Å²) in [5.41, 5.74) is 1.35. The lowest BCUT2D eigenvalue weighted by atomic mass is 9.77. The number of nitrogens with zero attached hydrogens (tertiary/aromatic N) is 3. The van der Waals surface area contributed by atoms with Gasteiger partial charge in [0.05, 0.1) is 19.3 Å². The maximum absolute atomic E-state index is 5.82. The minimum Gasteiger partial charge on any atom is -0.497 e. The molecule has 5 heteroatoms. The summed E-state index contributed by atoms with van der Waals surface area (Å²) in [4.78, 5) is 2.59. The van der Waals surface area contributed by atoms with Gasteiger partial charge >= 0.3 is 0 Å². The Morgan fingerprint density at radius 3 is 2.48 bits per heavy atom. The van der Waals surface area contributed by atoms with Crippen LogP contribution in [0.15, 0.2) is 42.7 Å². The van der Waals surface area contributed by atoms with Crippen LogP contribution in [0, 0.1) is 11.8 Å². The zero-order valence-electron chi connectivity index (χ0n) is 15.0. The van der Waals surface area contributed by atoms with Gasteiger partial charge in [0.1, 0.15) is 5.75 Å². The van der Waals surface area contributed by atoms with Crippen LogP contribution in [0.4, 0.5) is 0 Å². The first-order valence-electron chi connectivity index (χ1n) is 9.14. The van der Waals surface area contributed by atoms with E-state index in [4.69, 9.17) is 9.47 Å². The topological polar surface area (TPSA) is 39.5 Å². The third-order valence-corrected chi connectivity index (χ3v) is 5.89. The van der Waals surface area contributed by atoms with E-state index >= 15 is 0 Å². The van der Waals surface area contributed by atoms with E-state index in [0.717, 1.165) is 37.0 Å². The van der Waals surface area contributed by atoms with Crippen molar-refractivity contribution in [1.29, 1.82) is 0 Å². The van der Waals surface area contributed by atoms with E-state index in [1.54, 1.807) is 7.11 Å². The van der Waals surface area contributed by atoms with E-state index < -0.39 is 0 Å². The Bertz CT molecular complexity index is 671. The van der Waals surface area contributed by atoms with Gasteiger partial charge in [0.25, 0.3) is 0 Å². The Hall–Kier alpha value is -1.85. The van der Waals surface area contributed by atoms with Crippen LogP contribution in [0.25, 0.3) is 0 Å². The van der Waals surface area contributed by atoms with Crippen LogP contribution in [0.3, 0.4) is 0 Å². The molecule has 0 bridgehead atoms. The Balaban J connectivity index is 1.42. The molecule has 0 amide bonds. The normalized spacial score (nSPS) is 29.5. The van der Waals surface area contributed by atoms with Crippen LogP contribution < -0.4 is 4.74 Å². The number of fused-ring (bicyclic) bond motifs is 1. The van der Waals surface area contributed by atoms with Gasteiger partial charge in [-0.25, -0.2) is 0 Å². The molecule has 0 spiro atoms. The third kappa shape index (κ3) is 3.44. The first kappa shape index (κ1) is 16.6. The van der Waals surface area contributed by atoms with Crippen molar-refractivity contribution < 1.29 is 9.47 Å². The number of ether oxygens (including phenoxy) is 2. The third-order valence-electron chi connectivity index (χ3n) is 5.89. The largest absolute Gasteiger partial charge is 0.497 e. The molecule has 25 heavy (non-hydrogen) atoms. The zero-order valence-corrected chi connectivity index (χ0v) is 15.0. The number of hydrogen-bond acceptors (Lipinski definition) is 4. The highest BCUT2D eigenvalue weighted by Gasteiger charge is 2.43. The van der Waals surface area contributed by atoms with Gasteiger partial charge in [0, 0.05) is 39.1 Å². The summed E-state index contributed by atoms with van der Waals surface area (Å²) in [5.74, 6) is 2.39. The average Bonchev–Trinajstić information content (AvgIpc) is 3.30. The van der Waals surface area contributed by atoms with Gasteiger partial charge in [-0.3, -0.25) is 9.58 Å². The SMILES string of the molecule is COc1ccc(CN2C[C@H]3C[C@H](OC)[C@@H](n4cccn4)C[C@H]3C2)cc1. The molecule has 1 saturated carbocycles. The summed E-state index contributed by atoms with van der Waals surface area (Å²) in [6.45, 7) is 3.36. The molecule has 4 rings (SSSR count). The van der Waals surface area contributed by atoms with Gasteiger partial charge in [-0.15, -0.1) is 0 Å². The molecule has 1 saturated heterocycles. The highest BCUT2D eigenvalue weighted by molar-refractivity contribution is 5.27. The summed E-state index contributed by atoms with van der Waals surface area (Å²) in [6, 6.07) is 10.8. The first-order valence-corrected chi connectivity index (χ1v) is 9.14. The second kappa shape index (κ2) is 7.18. The Morgan fingerprint density at radius 2 is 1.84 bits per heavy atom. The predicted octanol–water partition coefficient (Wildman–Crippen LogP) is 2.99. The van der Waals surface area contributed by atoms with E-state index in [1.807, 2.05) is 31.5 Å². The Kier molecular flexibility index (Phi) is 4.77. The molecule has 0 radical (unpaired) electrons. The molecule has 5 nitrogen and oxygen atoms in total. The predicted molar refractivity (Wildman–Crippen MR) is 96.5 cm³/mol. The molecule has 0 unspecified atom stereocenters. The number of hydrogen-bond donors (Lipinski definition) is 0. The van der Waals surface area contributed by atoms with Gasteiger partial charge in [-0.1, -0.05) is 12.1 Å².